The van der Waals surface area contributed by atoms with Gasteiger partial charge in [0.1, 0.15) is 5.82 Å². The highest BCUT2D eigenvalue weighted by atomic mass is 32.2. The largest absolute Gasteiger partial charge is 0.476 e. The number of hydrogen-bond acceptors (Lipinski definition) is 5. The predicted molar refractivity (Wildman–Crippen MR) is 65.1 cm³/mol. The Morgan fingerprint density at radius 2 is 2.25 bits per heavy atom. The Labute approximate surface area is 98.7 Å². The maximum absolute atomic E-state index is 10.5. The summed E-state index contributed by atoms with van der Waals surface area (Å²) in [5.74, 6) is 0.531. The maximum Gasteiger partial charge on any atom is 0.356 e. The van der Waals surface area contributed by atoms with E-state index in [-0.39, 0.29) is 5.69 Å². The Kier molecular flexibility index (Phi) is 5.04. The van der Waals surface area contributed by atoms with Crippen LogP contribution in [0.25, 0.3) is 0 Å². The number of carboxylic acids is 1. The Morgan fingerprint density at radius 3 is 2.75 bits per heavy atom. The molecule has 6 heteroatoms. The quantitative estimate of drug-likeness (QED) is 0.739. The van der Waals surface area contributed by atoms with E-state index < -0.39 is 5.97 Å². The zero-order chi connectivity index (χ0) is 12.0. The van der Waals surface area contributed by atoms with Gasteiger partial charge in [0.25, 0.3) is 0 Å². The second kappa shape index (κ2) is 6.32. The van der Waals surface area contributed by atoms with Crippen LogP contribution < -0.4 is 5.32 Å². The van der Waals surface area contributed by atoms with E-state index >= 15 is 0 Å². The molecule has 2 N–H and O–H groups in total. The molecule has 0 amide bonds. The van der Waals surface area contributed by atoms with Gasteiger partial charge in [-0.15, -0.1) is 0 Å². The summed E-state index contributed by atoms with van der Waals surface area (Å²) in [6.45, 7) is 5.09. The van der Waals surface area contributed by atoms with E-state index in [1.54, 1.807) is 0 Å². The minimum atomic E-state index is -1.06. The first-order chi connectivity index (χ1) is 7.59. The summed E-state index contributed by atoms with van der Waals surface area (Å²) < 4.78 is 0. The lowest BCUT2D eigenvalue weighted by atomic mass is 10.4. The minimum Gasteiger partial charge on any atom is -0.476 e. The van der Waals surface area contributed by atoms with E-state index in [1.807, 2.05) is 11.8 Å². The Morgan fingerprint density at radius 1 is 1.50 bits per heavy atom. The third-order valence-corrected chi connectivity index (χ3v) is 2.84. The molecule has 0 fully saturated rings. The fraction of sp³-hybridized carbons (Fsp3) is 0.500. The van der Waals surface area contributed by atoms with E-state index in [0.29, 0.717) is 11.1 Å². The Balaban J connectivity index is 2.35. The van der Waals surface area contributed by atoms with Gasteiger partial charge in [0.05, 0.1) is 12.4 Å². The van der Waals surface area contributed by atoms with Gasteiger partial charge in [0, 0.05) is 12.3 Å². The summed E-state index contributed by atoms with van der Waals surface area (Å²) in [4.78, 5) is 18.2. The number of nitrogens with zero attached hydrogens (tertiary/aromatic N) is 2. The smallest absolute Gasteiger partial charge is 0.356 e. The van der Waals surface area contributed by atoms with Gasteiger partial charge in [-0.05, 0) is 5.25 Å². The molecule has 1 aromatic heterocycles. The molecule has 0 atom stereocenters. The van der Waals surface area contributed by atoms with Crippen molar-refractivity contribution in [1.29, 1.82) is 0 Å². The fourth-order valence-electron chi connectivity index (χ4n) is 1.00. The number of aromatic carboxylic acids is 1. The number of aromatic nitrogens is 2. The van der Waals surface area contributed by atoms with Crippen LogP contribution in [0, 0.1) is 0 Å². The van der Waals surface area contributed by atoms with Crippen molar-refractivity contribution >= 4 is 23.5 Å². The molecule has 0 aliphatic rings. The molecule has 0 saturated heterocycles. The van der Waals surface area contributed by atoms with E-state index in [0.717, 1.165) is 12.3 Å². The number of hydrogen-bond donors (Lipinski definition) is 2. The van der Waals surface area contributed by atoms with Gasteiger partial charge in [-0.25, -0.2) is 14.8 Å². The van der Waals surface area contributed by atoms with Crippen molar-refractivity contribution in [2.75, 3.05) is 17.6 Å². The monoisotopic (exact) mass is 241 g/mol. The lowest BCUT2D eigenvalue weighted by molar-refractivity contribution is 0.0690. The maximum atomic E-state index is 10.5. The summed E-state index contributed by atoms with van der Waals surface area (Å²) in [6, 6.07) is 0. The van der Waals surface area contributed by atoms with E-state index in [1.165, 1.54) is 12.4 Å². The molecule has 0 aromatic carbocycles. The summed E-state index contributed by atoms with van der Waals surface area (Å²) in [7, 11) is 0. The highest BCUT2D eigenvalue weighted by molar-refractivity contribution is 7.99. The van der Waals surface area contributed by atoms with Gasteiger partial charge in [-0.2, -0.15) is 11.8 Å². The number of thioether (sulfide) groups is 1. The number of carboxylic acid groups (broad SMARTS) is 1. The molecule has 88 valence electrons. The van der Waals surface area contributed by atoms with Crippen LogP contribution in [0.3, 0.4) is 0 Å². The molecule has 0 bridgehead atoms. The van der Waals surface area contributed by atoms with Crippen LogP contribution in [0.2, 0.25) is 0 Å². The standard InChI is InChI=1S/C10H15N3O2S/c1-7(2)16-4-3-11-9-6-12-8(5-13-9)10(14)15/h5-7H,3-4H2,1-2H3,(H,11,13)(H,14,15). The van der Waals surface area contributed by atoms with Crippen LogP contribution in [0.15, 0.2) is 12.4 Å². The van der Waals surface area contributed by atoms with Gasteiger partial charge in [0.15, 0.2) is 5.69 Å². The predicted octanol–water partition coefficient (Wildman–Crippen LogP) is 1.73. The first-order valence-corrected chi connectivity index (χ1v) is 6.05. The van der Waals surface area contributed by atoms with Crippen LogP contribution in [0.1, 0.15) is 24.3 Å². The highest BCUT2D eigenvalue weighted by Gasteiger charge is 2.04. The van der Waals surface area contributed by atoms with E-state index in [9.17, 15) is 4.79 Å². The first kappa shape index (κ1) is 12.8. The zero-order valence-corrected chi connectivity index (χ0v) is 10.1. The molecule has 5 nitrogen and oxygen atoms in total. The van der Waals surface area contributed by atoms with Crippen molar-refractivity contribution in [1.82, 2.24) is 9.97 Å². The second-order valence-corrected chi connectivity index (χ2v) is 5.12. The van der Waals surface area contributed by atoms with Crippen molar-refractivity contribution in [3.63, 3.8) is 0 Å². The van der Waals surface area contributed by atoms with Crippen LogP contribution in [-0.2, 0) is 0 Å². The summed E-state index contributed by atoms with van der Waals surface area (Å²) in [5.41, 5.74) is -0.0397. The third-order valence-electron chi connectivity index (χ3n) is 1.73. The lowest BCUT2D eigenvalue weighted by Gasteiger charge is -2.06. The first-order valence-electron chi connectivity index (χ1n) is 5.00. The molecule has 0 unspecified atom stereocenters. The topological polar surface area (TPSA) is 75.1 Å². The van der Waals surface area contributed by atoms with Gasteiger partial charge >= 0.3 is 5.97 Å². The summed E-state index contributed by atoms with van der Waals surface area (Å²) in [5, 5.41) is 12.3. The van der Waals surface area contributed by atoms with E-state index in [4.69, 9.17) is 5.11 Å². The molecule has 0 spiro atoms. The molecule has 0 saturated carbocycles. The molecule has 16 heavy (non-hydrogen) atoms. The van der Waals surface area contributed by atoms with Crippen LogP contribution >= 0.6 is 11.8 Å². The summed E-state index contributed by atoms with van der Waals surface area (Å²) in [6.07, 6.45) is 2.68. The fourth-order valence-corrected chi connectivity index (χ4v) is 1.69. The van der Waals surface area contributed by atoms with Gasteiger partial charge < -0.3 is 10.4 Å². The SMILES string of the molecule is CC(C)SCCNc1cnc(C(=O)O)cn1. The highest BCUT2D eigenvalue weighted by Crippen LogP contribution is 2.08. The second-order valence-electron chi connectivity index (χ2n) is 3.44. The van der Waals surface area contributed by atoms with Gasteiger partial charge in [-0.1, -0.05) is 13.8 Å². The Hall–Kier alpha value is -1.30. The number of anilines is 1. The minimum absolute atomic E-state index is 0.0397. The molecule has 1 rings (SSSR count). The zero-order valence-electron chi connectivity index (χ0n) is 9.30. The molecule has 0 aliphatic heterocycles. The Bertz CT molecular complexity index is 340. The number of rotatable bonds is 6. The number of nitrogens with one attached hydrogen (secondary N) is 1. The van der Waals surface area contributed by atoms with Crippen molar-refractivity contribution < 1.29 is 9.90 Å². The molecular weight excluding hydrogens is 226 g/mol. The van der Waals surface area contributed by atoms with Crippen molar-refractivity contribution in [2.45, 2.75) is 19.1 Å². The summed E-state index contributed by atoms with van der Waals surface area (Å²) >= 11 is 1.85. The van der Waals surface area contributed by atoms with Crippen molar-refractivity contribution in [2.24, 2.45) is 0 Å². The van der Waals surface area contributed by atoms with Crippen molar-refractivity contribution in [3.05, 3.63) is 18.1 Å². The van der Waals surface area contributed by atoms with Crippen molar-refractivity contribution in [3.8, 4) is 0 Å². The van der Waals surface area contributed by atoms with Gasteiger partial charge in [0.2, 0.25) is 0 Å². The third kappa shape index (κ3) is 4.48. The molecule has 1 aromatic rings. The number of carbonyl (C=O) groups is 1. The van der Waals surface area contributed by atoms with Gasteiger partial charge in [-0.3, -0.25) is 0 Å². The molecule has 0 aliphatic carbocycles. The van der Waals surface area contributed by atoms with Crippen LogP contribution in [0.5, 0.6) is 0 Å². The average Bonchev–Trinajstić information content (AvgIpc) is 2.25. The van der Waals surface area contributed by atoms with Crippen LogP contribution in [-0.4, -0.2) is 38.6 Å². The molecule has 1 heterocycles. The molecule has 0 radical (unpaired) electrons. The average molecular weight is 241 g/mol. The van der Waals surface area contributed by atoms with Crippen LogP contribution in [0.4, 0.5) is 5.82 Å². The molecular formula is C10H15N3O2S. The lowest BCUT2D eigenvalue weighted by Crippen LogP contribution is -2.09. The normalized spacial score (nSPS) is 10.4. The van der Waals surface area contributed by atoms with E-state index in [2.05, 4.69) is 29.1 Å².